The van der Waals surface area contributed by atoms with Gasteiger partial charge in [-0.25, -0.2) is 9.78 Å². The van der Waals surface area contributed by atoms with Crippen molar-refractivity contribution >= 4 is 17.0 Å². The summed E-state index contributed by atoms with van der Waals surface area (Å²) in [7, 11) is 0. The number of imidazole rings is 1. The minimum Gasteiger partial charge on any atom is -0.480 e. The molecule has 3 rings (SSSR count). The minimum absolute atomic E-state index is 0.675. The second-order valence-corrected chi connectivity index (χ2v) is 5.99. The molecule has 4 nitrogen and oxygen atoms in total. The van der Waals surface area contributed by atoms with E-state index in [1.807, 2.05) is 55.5 Å². The SMILES string of the molecule is Cc1ccc(-c2nc3ccccc3n2C(C)(C)C(=O)O)cc1. The first-order valence-corrected chi connectivity index (χ1v) is 7.19. The maximum atomic E-state index is 11.8. The van der Waals surface area contributed by atoms with E-state index >= 15 is 0 Å². The first-order valence-electron chi connectivity index (χ1n) is 7.19. The van der Waals surface area contributed by atoms with Gasteiger partial charge < -0.3 is 9.67 Å². The van der Waals surface area contributed by atoms with Gasteiger partial charge in [0.25, 0.3) is 0 Å². The lowest BCUT2D eigenvalue weighted by molar-refractivity contribution is -0.145. The predicted molar refractivity (Wildman–Crippen MR) is 86.9 cm³/mol. The summed E-state index contributed by atoms with van der Waals surface area (Å²) in [5.74, 6) is -0.211. The van der Waals surface area contributed by atoms with E-state index in [9.17, 15) is 9.90 Å². The van der Waals surface area contributed by atoms with Gasteiger partial charge in [0, 0.05) is 5.56 Å². The van der Waals surface area contributed by atoms with Crippen LogP contribution in [0.2, 0.25) is 0 Å². The van der Waals surface area contributed by atoms with Crippen molar-refractivity contribution in [2.75, 3.05) is 0 Å². The third-order valence-corrected chi connectivity index (χ3v) is 3.95. The maximum absolute atomic E-state index is 11.8. The van der Waals surface area contributed by atoms with E-state index in [1.54, 1.807) is 18.4 Å². The number of rotatable bonds is 3. The van der Waals surface area contributed by atoms with Crippen LogP contribution in [0.1, 0.15) is 19.4 Å². The standard InChI is InChI=1S/C18H18N2O2/c1-12-8-10-13(11-9-12)16-19-14-6-4-5-7-15(14)20(16)18(2,3)17(21)22/h4-11H,1-3H3,(H,21,22). The molecule has 2 aromatic carbocycles. The maximum Gasteiger partial charge on any atom is 0.329 e. The molecule has 3 aromatic rings. The first-order chi connectivity index (χ1) is 10.4. The molecule has 0 fully saturated rings. The molecule has 1 heterocycles. The van der Waals surface area contributed by atoms with Gasteiger partial charge in [-0.1, -0.05) is 42.0 Å². The Labute approximate surface area is 129 Å². The number of carbonyl (C=O) groups is 1. The molecule has 0 saturated heterocycles. The molecule has 22 heavy (non-hydrogen) atoms. The number of nitrogens with zero attached hydrogens (tertiary/aromatic N) is 2. The summed E-state index contributed by atoms with van der Waals surface area (Å²) in [6.45, 7) is 5.41. The van der Waals surface area contributed by atoms with Crippen molar-refractivity contribution in [2.45, 2.75) is 26.3 Å². The largest absolute Gasteiger partial charge is 0.480 e. The Morgan fingerprint density at radius 3 is 2.36 bits per heavy atom. The van der Waals surface area contributed by atoms with Crippen LogP contribution < -0.4 is 0 Å². The molecule has 0 atom stereocenters. The van der Waals surface area contributed by atoms with Crippen LogP contribution >= 0.6 is 0 Å². The Morgan fingerprint density at radius 1 is 1.09 bits per heavy atom. The number of aryl methyl sites for hydroxylation is 1. The molecule has 0 amide bonds. The normalized spacial score (nSPS) is 11.8. The highest BCUT2D eigenvalue weighted by molar-refractivity contribution is 5.86. The highest BCUT2D eigenvalue weighted by Gasteiger charge is 2.33. The Hall–Kier alpha value is -2.62. The van der Waals surface area contributed by atoms with E-state index < -0.39 is 11.5 Å². The second-order valence-electron chi connectivity index (χ2n) is 5.99. The number of hydrogen-bond donors (Lipinski definition) is 1. The fourth-order valence-corrected chi connectivity index (χ4v) is 2.58. The number of carboxylic acid groups (broad SMARTS) is 1. The zero-order valence-electron chi connectivity index (χ0n) is 12.9. The van der Waals surface area contributed by atoms with Crippen molar-refractivity contribution in [1.82, 2.24) is 9.55 Å². The molecule has 0 aliphatic rings. The van der Waals surface area contributed by atoms with Crippen molar-refractivity contribution in [3.8, 4) is 11.4 Å². The molecule has 0 spiro atoms. The van der Waals surface area contributed by atoms with Gasteiger partial charge in [0.15, 0.2) is 0 Å². The molecule has 0 unspecified atom stereocenters. The molecule has 1 N–H and O–H groups in total. The van der Waals surface area contributed by atoms with Crippen LogP contribution in [0.25, 0.3) is 22.4 Å². The van der Waals surface area contributed by atoms with Gasteiger partial charge in [0.1, 0.15) is 11.4 Å². The van der Waals surface area contributed by atoms with Gasteiger partial charge in [-0.15, -0.1) is 0 Å². The minimum atomic E-state index is -1.09. The van der Waals surface area contributed by atoms with Crippen LogP contribution in [0, 0.1) is 6.92 Å². The van der Waals surface area contributed by atoms with E-state index in [4.69, 9.17) is 0 Å². The van der Waals surface area contributed by atoms with Crippen molar-refractivity contribution < 1.29 is 9.90 Å². The molecule has 4 heteroatoms. The number of para-hydroxylation sites is 2. The lowest BCUT2D eigenvalue weighted by Crippen LogP contribution is -2.36. The van der Waals surface area contributed by atoms with Gasteiger partial charge in [-0.3, -0.25) is 0 Å². The van der Waals surface area contributed by atoms with Crippen LogP contribution in [0.15, 0.2) is 48.5 Å². The molecule has 0 bridgehead atoms. The Morgan fingerprint density at radius 2 is 1.73 bits per heavy atom. The van der Waals surface area contributed by atoms with Gasteiger partial charge in [-0.2, -0.15) is 0 Å². The summed E-state index contributed by atoms with van der Waals surface area (Å²) in [6.07, 6.45) is 0. The van der Waals surface area contributed by atoms with E-state index in [0.717, 1.165) is 22.2 Å². The summed E-state index contributed by atoms with van der Waals surface area (Å²) in [5.41, 5.74) is 2.61. The topological polar surface area (TPSA) is 55.1 Å². The summed E-state index contributed by atoms with van der Waals surface area (Å²) in [4.78, 5) is 16.4. The fourth-order valence-electron chi connectivity index (χ4n) is 2.58. The van der Waals surface area contributed by atoms with E-state index in [2.05, 4.69) is 4.98 Å². The molecule has 0 aliphatic carbocycles. The van der Waals surface area contributed by atoms with Crippen molar-refractivity contribution in [3.63, 3.8) is 0 Å². The molecule has 112 valence electrons. The van der Waals surface area contributed by atoms with Gasteiger partial charge in [0.2, 0.25) is 0 Å². The molecule has 0 saturated carbocycles. The summed E-state index contributed by atoms with van der Waals surface area (Å²) >= 11 is 0. The number of aliphatic carboxylic acids is 1. The van der Waals surface area contributed by atoms with Crippen molar-refractivity contribution in [2.24, 2.45) is 0 Å². The second kappa shape index (κ2) is 4.98. The number of hydrogen-bond acceptors (Lipinski definition) is 2. The third-order valence-electron chi connectivity index (χ3n) is 3.95. The Balaban J connectivity index is 2.34. The predicted octanol–water partition coefficient (Wildman–Crippen LogP) is 3.83. The van der Waals surface area contributed by atoms with Crippen LogP contribution in [0.5, 0.6) is 0 Å². The number of benzene rings is 2. The monoisotopic (exact) mass is 294 g/mol. The van der Waals surface area contributed by atoms with Crippen LogP contribution in [-0.2, 0) is 10.3 Å². The molecule has 0 aliphatic heterocycles. The van der Waals surface area contributed by atoms with Gasteiger partial charge >= 0.3 is 5.97 Å². The summed E-state index contributed by atoms with van der Waals surface area (Å²) < 4.78 is 1.80. The first kappa shape index (κ1) is 14.3. The van der Waals surface area contributed by atoms with Crippen LogP contribution in [-0.4, -0.2) is 20.6 Å². The van der Waals surface area contributed by atoms with Crippen molar-refractivity contribution in [3.05, 3.63) is 54.1 Å². The quantitative estimate of drug-likeness (QED) is 0.798. The van der Waals surface area contributed by atoms with Crippen LogP contribution in [0.3, 0.4) is 0 Å². The van der Waals surface area contributed by atoms with E-state index in [1.165, 1.54) is 0 Å². The molecule has 0 radical (unpaired) electrons. The lowest BCUT2D eigenvalue weighted by atomic mass is 10.0. The molecular formula is C18H18N2O2. The van der Waals surface area contributed by atoms with E-state index in [0.29, 0.717) is 5.82 Å². The fraction of sp³-hybridized carbons (Fsp3) is 0.222. The lowest BCUT2D eigenvalue weighted by Gasteiger charge is -2.24. The average molecular weight is 294 g/mol. The van der Waals surface area contributed by atoms with Crippen molar-refractivity contribution in [1.29, 1.82) is 0 Å². The zero-order chi connectivity index (χ0) is 15.9. The number of aromatic nitrogens is 2. The Bertz CT molecular complexity index is 845. The zero-order valence-corrected chi connectivity index (χ0v) is 12.9. The van der Waals surface area contributed by atoms with Gasteiger partial charge in [0.05, 0.1) is 11.0 Å². The highest BCUT2D eigenvalue weighted by Crippen LogP contribution is 2.31. The number of fused-ring (bicyclic) bond motifs is 1. The summed E-state index contributed by atoms with van der Waals surface area (Å²) in [5, 5.41) is 9.64. The number of carboxylic acids is 1. The average Bonchev–Trinajstić information content (AvgIpc) is 2.87. The summed E-state index contributed by atoms with van der Waals surface area (Å²) in [6, 6.07) is 15.6. The molecular weight excluding hydrogens is 276 g/mol. The highest BCUT2D eigenvalue weighted by atomic mass is 16.4. The third kappa shape index (κ3) is 2.17. The van der Waals surface area contributed by atoms with Crippen LogP contribution in [0.4, 0.5) is 0 Å². The van der Waals surface area contributed by atoms with E-state index in [-0.39, 0.29) is 0 Å². The smallest absolute Gasteiger partial charge is 0.329 e. The van der Waals surface area contributed by atoms with Gasteiger partial charge in [-0.05, 0) is 32.9 Å². The Kier molecular flexibility index (Phi) is 3.24. The molecule has 1 aromatic heterocycles.